The Labute approximate surface area is 126 Å². The van der Waals surface area contributed by atoms with Crippen LogP contribution < -0.4 is 10.1 Å². The van der Waals surface area contributed by atoms with Crippen LogP contribution in [0.15, 0.2) is 54.6 Å². The fourth-order valence-electron chi connectivity index (χ4n) is 2.24. The standard InChI is InChI=1S/C18H23NO2/c1-19-13-7-8-14-21-17-12-6-5-11-16(17)18(20)15-9-3-2-4-10-15/h2-6,9-12,18-20H,7-8,13-14H2,1H3. The van der Waals surface area contributed by atoms with Crippen molar-refractivity contribution >= 4 is 0 Å². The quantitative estimate of drug-likeness (QED) is 0.732. The lowest BCUT2D eigenvalue weighted by Gasteiger charge is -2.16. The van der Waals surface area contributed by atoms with Crippen molar-refractivity contribution in [2.24, 2.45) is 0 Å². The van der Waals surface area contributed by atoms with Crippen molar-refractivity contribution in [2.45, 2.75) is 18.9 Å². The predicted octanol–water partition coefficient (Wildman–Crippen LogP) is 3.15. The Bertz CT molecular complexity index is 528. The van der Waals surface area contributed by atoms with Gasteiger partial charge in [-0.05, 0) is 38.1 Å². The summed E-state index contributed by atoms with van der Waals surface area (Å²) in [4.78, 5) is 0. The lowest BCUT2D eigenvalue weighted by Crippen LogP contribution is -2.10. The van der Waals surface area contributed by atoms with Crippen LogP contribution in [0.4, 0.5) is 0 Å². The highest BCUT2D eigenvalue weighted by atomic mass is 16.5. The highest BCUT2D eigenvalue weighted by Gasteiger charge is 2.14. The maximum Gasteiger partial charge on any atom is 0.125 e. The summed E-state index contributed by atoms with van der Waals surface area (Å²) in [5.41, 5.74) is 1.70. The van der Waals surface area contributed by atoms with Crippen LogP contribution in [0, 0.1) is 0 Å². The largest absolute Gasteiger partial charge is 0.493 e. The number of hydrogen-bond acceptors (Lipinski definition) is 3. The average Bonchev–Trinajstić information content (AvgIpc) is 2.55. The molecule has 21 heavy (non-hydrogen) atoms. The van der Waals surface area contributed by atoms with E-state index in [-0.39, 0.29) is 0 Å². The summed E-state index contributed by atoms with van der Waals surface area (Å²) in [7, 11) is 1.95. The molecule has 2 N–H and O–H groups in total. The van der Waals surface area contributed by atoms with Gasteiger partial charge < -0.3 is 15.2 Å². The average molecular weight is 285 g/mol. The third kappa shape index (κ3) is 4.59. The van der Waals surface area contributed by atoms with Crippen molar-refractivity contribution in [1.82, 2.24) is 5.32 Å². The zero-order valence-corrected chi connectivity index (χ0v) is 12.5. The second-order valence-corrected chi connectivity index (χ2v) is 5.01. The van der Waals surface area contributed by atoms with Gasteiger partial charge in [0, 0.05) is 5.56 Å². The summed E-state index contributed by atoms with van der Waals surface area (Å²) in [6.07, 6.45) is 1.43. The molecule has 0 amide bonds. The Hall–Kier alpha value is -1.84. The number of ether oxygens (including phenoxy) is 1. The highest BCUT2D eigenvalue weighted by molar-refractivity contribution is 5.40. The van der Waals surface area contributed by atoms with E-state index in [9.17, 15) is 5.11 Å². The van der Waals surface area contributed by atoms with Gasteiger partial charge in [-0.3, -0.25) is 0 Å². The van der Waals surface area contributed by atoms with Crippen LogP contribution in [-0.4, -0.2) is 25.3 Å². The molecule has 3 nitrogen and oxygen atoms in total. The van der Waals surface area contributed by atoms with Gasteiger partial charge in [-0.2, -0.15) is 0 Å². The summed E-state index contributed by atoms with van der Waals surface area (Å²) in [6, 6.07) is 17.3. The van der Waals surface area contributed by atoms with Crippen molar-refractivity contribution < 1.29 is 9.84 Å². The van der Waals surface area contributed by atoms with Crippen LogP contribution in [0.1, 0.15) is 30.1 Å². The third-order valence-corrected chi connectivity index (χ3v) is 3.41. The van der Waals surface area contributed by atoms with Crippen molar-refractivity contribution in [3.05, 3.63) is 65.7 Å². The maximum atomic E-state index is 10.5. The van der Waals surface area contributed by atoms with Crippen LogP contribution in [-0.2, 0) is 0 Å². The molecule has 0 aliphatic heterocycles. The van der Waals surface area contributed by atoms with E-state index in [1.807, 2.05) is 61.6 Å². The fraction of sp³-hybridized carbons (Fsp3) is 0.333. The number of hydrogen-bond donors (Lipinski definition) is 2. The molecule has 0 bridgehead atoms. The molecule has 1 unspecified atom stereocenters. The molecule has 0 spiro atoms. The van der Waals surface area contributed by atoms with E-state index in [1.54, 1.807) is 0 Å². The van der Waals surface area contributed by atoms with E-state index < -0.39 is 6.10 Å². The minimum Gasteiger partial charge on any atom is -0.493 e. The molecule has 3 heteroatoms. The van der Waals surface area contributed by atoms with Crippen molar-refractivity contribution in [3.63, 3.8) is 0 Å². The number of nitrogens with one attached hydrogen (secondary N) is 1. The SMILES string of the molecule is CNCCCCOc1ccccc1C(O)c1ccccc1. The van der Waals surface area contributed by atoms with Crippen molar-refractivity contribution in [2.75, 3.05) is 20.2 Å². The van der Waals surface area contributed by atoms with Crippen LogP contribution in [0.3, 0.4) is 0 Å². The van der Waals surface area contributed by atoms with E-state index in [0.29, 0.717) is 6.61 Å². The van der Waals surface area contributed by atoms with Crippen molar-refractivity contribution in [3.8, 4) is 5.75 Å². The summed E-state index contributed by atoms with van der Waals surface area (Å²) in [6.45, 7) is 1.66. The smallest absolute Gasteiger partial charge is 0.125 e. The minimum absolute atomic E-state index is 0.653. The molecule has 0 saturated carbocycles. The number of para-hydroxylation sites is 1. The van der Waals surface area contributed by atoms with Crippen LogP contribution >= 0.6 is 0 Å². The molecule has 2 rings (SSSR count). The van der Waals surface area contributed by atoms with Crippen LogP contribution in [0.2, 0.25) is 0 Å². The Morgan fingerprint density at radius 1 is 1.00 bits per heavy atom. The summed E-state index contributed by atoms with van der Waals surface area (Å²) in [5, 5.41) is 13.6. The van der Waals surface area contributed by atoms with Gasteiger partial charge >= 0.3 is 0 Å². The molecule has 0 fully saturated rings. The molecule has 2 aromatic carbocycles. The Balaban J connectivity index is 2.03. The maximum absolute atomic E-state index is 10.5. The Kier molecular flexibility index (Phi) is 6.25. The van der Waals surface area contributed by atoms with Gasteiger partial charge in [0.15, 0.2) is 0 Å². The van der Waals surface area contributed by atoms with Gasteiger partial charge in [0.05, 0.1) is 6.61 Å². The number of aliphatic hydroxyl groups excluding tert-OH is 1. The molecular weight excluding hydrogens is 262 g/mol. The molecule has 0 aliphatic rings. The minimum atomic E-state index is -0.653. The monoisotopic (exact) mass is 285 g/mol. The summed E-state index contributed by atoms with van der Waals surface area (Å²) in [5.74, 6) is 0.762. The summed E-state index contributed by atoms with van der Waals surface area (Å²) >= 11 is 0. The van der Waals surface area contributed by atoms with E-state index in [4.69, 9.17) is 4.74 Å². The number of benzene rings is 2. The van der Waals surface area contributed by atoms with Crippen LogP contribution in [0.5, 0.6) is 5.75 Å². The number of rotatable bonds is 8. The molecule has 0 heterocycles. The van der Waals surface area contributed by atoms with Crippen LogP contribution in [0.25, 0.3) is 0 Å². The molecule has 0 aromatic heterocycles. The number of aliphatic hydroxyl groups is 1. The second-order valence-electron chi connectivity index (χ2n) is 5.01. The van der Waals surface area contributed by atoms with E-state index >= 15 is 0 Å². The third-order valence-electron chi connectivity index (χ3n) is 3.41. The zero-order chi connectivity index (χ0) is 14.9. The highest BCUT2D eigenvalue weighted by Crippen LogP contribution is 2.29. The number of unbranched alkanes of at least 4 members (excludes halogenated alkanes) is 1. The van der Waals surface area contributed by atoms with E-state index in [0.717, 1.165) is 36.3 Å². The molecule has 112 valence electrons. The van der Waals surface area contributed by atoms with Gasteiger partial charge in [0.25, 0.3) is 0 Å². The van der Waals surface area contributed by atoms with Gasteiger partial charge in [-0.15, -0.1) is 0 Å². The molecule has 2 aromatic rings. The first-order valence-electron chi connectivity index (χ1n) is 7.42. The van der Waals surface area contributed by atoms with Gasteiger partial charge in [0.1, 0.15) is 11.9 Å². The first kappa shape index (κ1) is 15.5. The second kappa shape index (κ2) is 8.45. The first-order valence-corrected chi connectivity index (χ1v) is 7.42. The topological polar surface area (TPSA) is 41.5 Å². The van der Waals surface area contributed by atoms with E-state index in [2.05, 4.69) is 5.32 Å². The van der Waals surface area contributed by atoms with Crippen molar-refractivity contribution in [1.29, 1.82) is 0 Å². The predicted molar refractivity (Wildman–Crippen MR) is 85.6 cm³/mol. The van der Waals surface area contributed by atoms with Gasteiger partial charge in [-0.1, -0.05) is 48.5 Å². The molecule has 1 atom stereocenters. The van der Waals surface area contributed by atoms with Gasteiger partial charge in [0.2, 0.25) is 0 Å². The summed E-state index contributed by atoms with van der Waals surface area (Å²) < 4.78 is 5.84. The molecular formula is C18H23NO2. The molecule has 0 aliphatic carbocycles. The first-order chi connectivity index (χ1) is 10.3. The molecule has 0 radical (unpaired) electrons. The normalized spacial score (nSPS) is 12.1. The fourth-order valence-corrected chi connectivity index (χ4v) is 2.24. The van der Waals surface area contributed by atoms with Gasteiger partial charge in [-0.25, -0.2) is 0 Å². The van der Waals surface area contributed by atoms with E-state index in [1.165, 1.54) is 0 Å². The lowest BCUT2D eigenvalue weighted by molar-refractivity contribution is 0.210. The molecule has 0 saturated heterocycles. The lowest BCUT2D eigenvalue weighted by atomic mass is 10.0. The Morgan fingerprint density at radius 3 is 2.48 bits per heavy atom. The zero-order valence-electron chi connectivity index (χ0n) is 12.5. The Morgan fingerprint density at radius 2 is 1.71 bits per heavy atom.